The number of hydrogen-bond acceptors (Lipinski definition) is 5. The minimum Gasteiger partial charge on any atom is -0.394 e. The van der Waals surface area contributed by atoms with Crippen molar-refractivity contribution in [3.63, 3.8) is 0 Å². The molecule has 0 radical (unpaired) electrons. The maximum Gasteiger partial charge on any atom is 0.241 e. The number of hydrogen-bond donors (Lipinski definition) is 2. The second-order valence-electron chi connectivity index (χ2n) is 7.04. The van der Waals surface area contributed by atoms with Crippen molar-refractivity contribution in [1.82, 2.24) is 4.90 Å². The van der Waals surface area contributed by atoms with Crippen molar-refractivity contribution in [2.75, 3.05) is 26.3 Å². The van der Waals surface area contributed by atoms with E-state index >= 15 is 0 Å². The summed E-state index contributed by atoms with van der Waals surface area (Å²) in [4.78, 5) is 16.6. The van der Waals surface area contributed by atoms with Gasteiger partial charge in [0.2, 0.25) is 5.91 Å². The van der Waals surface area contributed by atoms with Crippen molar-refractivity contribution in [3.8, 4) is 10.4 Å². The number of nitrogens with zero attached hydrogens (tertiary/aromatic N) is 1. The summed E-state index contributed by atoms with van der Waals surface area (Å²) in [5, 5.41) is 9.12. The van der Waals surface area contributed by atoms with Gasteiger partial charge in [-0.15, -0.1) is 23.7 Å². The fourth-order valence-corrected chi connectivity index (χ4v) is 5.36. The Kier molecular flexibility index (Phi) is 6.23. The molecule has 7 heteroatoms. The van der Waals surface area contributed by atoms with Gasteiger partial charge in [0.05, 0.1) is 13.2 Å². The summed E-state index contributed by atoms with van der Waals surface area (Å²) in [6.07, 6.45) is 2.50. The van der Waals surface area contributed by atoms with Crippen LogP contribution in [0.4, 0.5) is 0 Å². The first-order valence-electron chi connectivity index (χ1n) is 9.11. The predicted octanol–water partition coefficient (Wildman–Crippen LogP) is 2.55. The number of thiophene rings is 1. The lowest BCUT2D eigenvalue weighted by Gasteiger charge is -2.44. The van der Waals surface area contributed by atoms with Gasteiger partial charge < -0.3 is 20.5 Å². The highest BCUT2D eigenvalue weighted by molar-refractivity contribution is 7.15. The van der Waals surface area contributed by atoms with Crippen LogP contribution in [-0.2, 0) is 21.6 Å². The molecule has 5 nitrogen and oxygen atoms in total. The molecule has 2 aliphatic heterocycles. The molecule has 3 N–H and O–H groups in total. The van der Waals surface area contributed by atoms with E-state index in [-0.39, 0.29) is 30.5 Å². The van der Waals surface area contributed by atoms with Crippen LogP contribution < -0.4 is 5.73 Å². The topological polar surface area (TPSA) is 75.8 Å². The fraction of sp³-hybridized carbons (Fsp3) is 0.450. The molecule has 146 valence electrons. The van der Waals surface area contributed by atoms with Gasteiger partial charge >= 0.3 is 0 Å². The third-order valence-electron chi connectivity index (χ3n) is 5.43. The van der Waals surface area contributed by atoms with Gasteiger partial charge in [0.1, 0.15) is 11.6 Å². The van der Waals surface area contributed by atoms with E-state index in [0.29, 0.717) is 13.1 Å². The standard InChI is InChI=1S/C20H24N2O3S.ClH/c21-16(13-23)19(24)22-9-7-20(8-10-22)18-15(6-11-25-20)12-17(26-18)14-4-2-1-3-5-14;/h1-5,12,16,23H,6-11,13,21H2;1H/t16-;/m0./s1. The van der Waals surface area contributed by atoms with E-state index in [9.17, 15) is 4.79 Å². The average molecular weight is 409 g/mol. The van der Waals surface area contributed by atoms with E-state index in [4.69, 9.17) is 15.6 Å². The molecule has 0 aliphatic carbocycles. The Hall–Kier alpha value is -1.44. The van der Waals surface area contributed by atoms with E-state index in [0.717, 1.165) is 25.9 Å². The smallest absolute Gasteiger partial charge is 0.241 e. The van der Waals surface area contributed by atoms with Crippen LogP contribution in [0, 0.1) is 0 Å². The van der Waals surface area contributed by atoms with E-state index < -0.39 is 6.04 Å². The molecule has 1 aromatic carbocycles. The van der Waals surface area contributed by atoms with Gasteiger partial charge in [-0.05, 0) is 36.5 Å². The van der Waals surface area contributed by atoms with Crippen LogP contribution in [0.25, 0.3) is 10.4 Å². The minimum absolute atomic E-state index is 0. The van der Waals surface area contributed by atoms with Crippen LogP contribution in [-0.4, -0.2) is 48.3 Å². The summed E-state index contributed by atoms with van der Waals surface area (Å²) in [6, 6.07) is 11.9. The van der Waals surface area contributed by atoms with Crippen LogP contribution in [0.5, 0.6) is 0 Å². The molecule has 1 atom stereocenters. The van der Waals surface area contributed by atoms with E-state index in [1.807, 2.05) is 17.4 Å². The van der Waals surface area contributed by atoms with Crippen LogP contribution in [0.1, 0.15) is 23.3 Å². The predicted molar refractivity (Wildman–Crippen MR) is 109 cm³/mol. The zero-order chi connectivity index (χ0) is 18.1. The summed E-state index contributed by atoms with van der Waals surface area (Å²) in [6.45, 7) is 1.64. The number of carbonyl (C=O) groups excluding carboxylic acids is 1. The first-order valence-corrected chi connectivity index (χ1v) is 9.92. The molecule has 1 amide bonds. The van der Waals surface area contributed by atoms with Gasteiger partial charge in [-0.2, -0.15) is 0 Å². The molecule has 27 heavy (non-hydrogen) atoms. The molecule has 3 heterocycles. The monoisotopic (exact) mass is 408 g/mol. The van der Waals surface area contributed by atoms with Crippen molar-refractivity contribution >= 4 is 29.7 Å². The highest BCUT2D eigenvalue weighted by atomic mass is 35.5. The molecule has 1 aromatic heterocycles. The Balaban J connectivity index is 0.00000210. The van der Waals surface area contributed by atoms with E-state index in [1.54, 1.807) is 4.90 Å². The highest BCUT2D eigenvalue weighted by Gasteiger charge is 2.43. The number of piperidine rings is 1. The Morgan fingerprint density at radius 1 is 1.30 bits per heavy atom. The zero-order valence-electron chi connectivity index (χ0n) is 15.1. The summed E-state index contributed by atoms with van der Waals surface area (Å²) >= 11 is 1.82. The zero-order valence-corrected chi connectivity index (χ0v) is 16.7. The number of nitrogens with two attached hydrogens (primary N) is 1. The Morgan fingerprint density at radius 2 is 2.00 bits per heavy atom. The molecule has 1 fully saturated rings. The lowest BCUT2D eigenvalue weighted by Crippen LogP contribution is -2.52. The van der Waals surface area contributed by atoms with Crippen molar-refractivity contribution < 1.29 is 14.6 Å². The Labute approximate surface area is 169 Å². The number of amides is 1. The second kappa shape index (κ2) is 8.29. The Bertz CT molecular complexity index is 788. The number of likely N-dealkylation sites (tertiary alicyclic amines) is 1. The van der Waals surface area contributed by atoms with Gasteiger partial charge in [0, 0.05) is 22.8 Å². The molecule has 2 aromatic rings. The van der Waals surface area contributed by atoms with Crippen molar-refractivity contribution in [2.24, 2.45) is 5.73 Å². The van der Waals surface area contributed by atoms with Gasteiger partial charge in [-0.3, -0.25) is 4.79 Å². The summed E-state index contributed by atoms with van der Waals surface area (Å²) in [5.41, 5.74) is 8.03. The summed E-state index contributed by atoms with van der Waals surface area (Å²) in [7, 11) is 0. The third kappa shape index (κ3) is 3.77. The van der Waals surface area contributed by atoms with Crippen LogP contribution in [0.15, 0.2) is 36.4 Å². The average Bonchev–Trinajstić information content (AvgIpc) is 3.14. The number of halogens is 1. The maximum absolute atomic E-state index is 12.2. The number of aliphatic hydroxyl groups is 1. The van der Waals surface area contributed by atoms with Crippen LogP contribution >= 0.6 is 23.7 Å². The van der Waals surface area contributed by atoms with E-state index in [1.165, 1.54) is 20.9 Å². The summed E-state index contributed by atoms with van der Waals surface area (Å²) < 4.78 is 6.29. The number of rotatable bonds is 3. The Morgan fingerprint density at radius 3 is 2.67 bits per heavy atom. The fourth-order valence-electron chi connectivity index (χ4n) is 3.94. The number of aliphatic hydroxyl groups excluding tert-OH is 1. The van der Waals surface area contributed by atoms with Gasteiger partial charge in [0.25, 0.3) is 0 Å². The number of ether oxygens (including phenoxy) is 1. The van der Waals surface area contributed by atoms with Crippen molar-refractivity contribution in [3.05, 3.63) is 46.8 Å². The van der Waals surface area contributed by atoms with Crippen LogP contribution in [0.3, 0.4) is 0 Å². The number of carbonyl (C=O) groups is 1. The lowest BCUT2D eigenvalue weighted by atomic mass is 9.85. The molecule has 1 saturated heterocycles. The van der Waals surface area contributed by atoms with Crippen LogP contribution in [0.2, 0.25) is 0 Å². The highest BCUT2D eigenvalue weighted by Crippen LogP contribution is 2.47. The lowest BCUT2D eigenvalue weighted by molar-refractivity contribution is -0.142. The molecular formula is C20H25ClN2O3S. The maximum atomic E-state index is 12.2. The van der Waals surface area contributed by atoms with E-state index in [2.05, 4.69) is 30.3 Å². The summed E-state index contributed by atoms with van der Waals surface area (Å²) in [5.74, 6) is -0.172. The molecule has 1 spiro atoms. The molecule has 0 bridgehead atoms. The first-order chi connectivity index (χ1) is 12.6. The molecule has 2 aliphatic rings. The third-order valence-corrected chi connectivity index (χ3v) is 6.84. The second-order valence-corrected chi connectivity index (χ2v) is 8.09. The van der Waals surface area contributed by atoms with Gasteiger partial charge in [-0.1, -0.05) is 30.3 Å². The quantitative estimate of drug-likeness (QED) is 0.818. The number of benzene rings is 1. The van der Waals surface area contributed by atoms with Gasteiger partial charge in [-0.25, -0.2) is 0 Å². The molecule has 0 unspecified atom stereocenters. The largest absolute Gasteiger partial charge is 0.394 e. The number of fused-ring (bicyclic) bond motifs is 2. The molecular weight excluding hydrogens is 384 g/mol. The SMILES string of the molecule is Cl.N[C@@H](CO)C(=O)N1CCC2(CC1)OCCc1cc(-c3ccccc3)sc12. The minimum atomic E-state index is -0.821. The first kappa shape index (κ1) is 20.3. The van der Waals surface area contributed by atoms with Crippen molar-refractivity contribution in [1.29, 1.82) is 0 Å². The normalized spacial score (nSPS) is 19.3. The molecule has 0 saturated carbocycles. The van der Waals surface area contributed by atoms with Gasteiger partial charge in [0.15, 0.2) is 0 Å². The van der Waals surface area contributed by atoms with Crippen molar-refractivity contribution in [2.45, 2.75) is 30.9 Å². The molecule has 4 rings (SSSR count).